The number of hydrogen-bond donors (Lipinski definition) is 4. The highest BCUT2D eigenvalue weighted by atomic mass is 32.2. The molecule has 0 spiro atoms. The number of nitrogens with two attached hydrogens (primary N) is 3. The van der Waals surface area contributed by atoms with Gasteiger partial charge in [0.15, 0.2) is 5.82 Å². The fraction of sp³-hybridized carbons (Fsp3) is 0.188. The van der Waals surface area contributed by atoms with E-state index in [-0.39, 0.29) is 16.6 Å². The number of nitrogens with one attached hydrogen (secondary N) is 1. The number of primary sulfonamides is 1. The summed E-state index contributed by atoms with van der Waals surface area (Å²) in [5.74, 6) is 0.285. The average Bonchev–Trinajstić information content (AvgIpc) is 3.16. The van der Waals surface area contributed by atoms with Crippen LogP contribution in [0, 0.1) is 0 Å². The monoisotopic (exact) mass is 373 g/mol. The molecule has 0 fully saturated rings. The van der Waals surface area contributed by atoms with E-state index in [0.717, 1.165) is 11.1 Å². The maximum absolute atomic E-state index is 12.0. The predicted molar refractivity (Wildman–Crippen MR) is 97.3 cm³/mol. The van der Waals surface area contributed by atoms with Crippen LogP contribution in [0.1, 0.15) is 11.5 Å². The van der Waals surface area contributed by atoms with Crippen LogP contribution in [0.5, 0.6) is 0 Å². The largest absolute Gasteiger partial charge is 0.330 e. The van der Waals surface area contributed by atoms with E-state index in [1.807, 2.05) is 24.3 Å². The number of tetrazole rings is 1. The van der Waals surface area contributed by atoms with E-state index in [4.69, 9.17) is 16.6 Å². The molecule has 0 unspecified atom stereocenters. The molecule has 26 heavy (non-hydrogen) atoms. The van der Waals surface area contributed by atoms with Crippen molar-refractivity contribution in [3.05, 3.63) is 48.0 Å². The quantitative estimate of drug-likeness (QED) is 0.478. The molecule has 0 atom stereocenters. The van der Waals surface area contributed by atoms with Crippen LogP contribution >= 0.6 is 0 Å². The molecule has 0 aliphatic carbocycles. The Morgan fingerprint density at radius 1 is 1.04 bits per heavy atom. The molecule has 1 aromatic heterocycles. The molecule has 7 N–H and O–H groups in total. The zero-order valence-electron chi connectivity index (χ0n) is 13.8. The fourth-order valence-corrected chi connectivity index (χ4v) is 3.58. The summed E-state index contributed by atoms with van der Waals surface area (Å²) >= 11 is 0. The second-order valence-corrected chi connectivity index (χ2v) is 7.29. The zero-order chi connectivity index (χ0) is 18.7. The van der Waals surface area contributed by atoms with Crippen LogP contribution in [0.3, 0.4) is 0 Å². The van der Waals surface area contributed by atoms with Gasteiger partial charge in [-0.15, -0.1) is 5.10 Å². The van der Waals surface area contributed by atoms with Crippen molar-refractivity contribution in [1.82, 2.24) is 20.6 Å². The van der Waals surface area contributed by atoms with E-state index in [1.54, 1.807) is 12.1 Å². The maximum Gasteiger partial charge on any atom is 0.238 e. The van der Waals surface area contributed by atoms with Crippen molar-refractivity contribution in [1.29, 1.82) is 0 Å². The lowest BCUT2D eigenvalue weighted by molar-refractivity contribution is 0.598. The van der Waals surface area contributed by atoms with Gasteiger partial charge in [0.25, 0.3) is 0 Å². The summed E-state index contributed by atoms with van der Waals surface area (Å²) in [6.45, 7) is 0.900. The molecule has 0 radical (unpaired) electrons. The molecule has 1 heterocycles. The summed E-state index contributed by atoms with van der Waals surface area (Å²) in [5.41, 5.74) is 14.2. The van der Waals surface area contributed by atoms with E-state index >= 15 is 0 Å². The highest BCUT2D eigenvalue weighted by Crippen LogP contribution is 2.35. The van der Waals surface area contributed by atoms with Crippen molar-refractivity contribution in [3.8, 4) is 22.5 Å². The van der Waals surface area contributed by atoms with Crippen LogP contribution in [0.2, 0.25) is 0 Å². The van der Waals surface area contributed by atoms with Gasteiger partial charge in [-0.2, -0.15) is 0 Å². The number of rotatable bonds is 6. The van der Waals surface area contributed by atoms with Gasteiger partial charge in [-0.25, -0.2) is 18.7 Å². The van der Waals surface area contributed by atoms with Gasteiger partial charge in [0, 0.05) is 24.6 Å². The van der Waals surface area contributed by atoms with Gasteiger partial charge >= 0.3 is 0 Å². The third kappa shape index (κ3) is 3.48. The first kappa shape index (κ1) is 18.1. The van der Waals surface area contributed by atoms with Crippen LogP contribution in [-0.2, 0) is 10.0 Å². The number of H-pyrrole nitrogens is 1. The van der Waals surface area contributed by atoms with Crippen molar-refractivity contribution >= 4 is 10.0 Å². The Morgan fingerprint density at radius 2 is 1.73 bits per heavy atom. The lowest BCUT2D eigenvalue weighted by atomic mass is 9.94. The van der Waals surface area contributed by atoms with Crippen molar-refractivity contribution < 1.29 is 8.42 Å². The van der Waals surface area contributed by atoms with Gasteiger partial charge in [0.05, 0.1) is 4.90 Å². The molecule has 9 nitrogen and oxygen atoms in total. The second kappa shape index (κ2) is 7.30. The summed E-state index contributed by atoms with van der Waals surface area (Å²) in [6.07, 6.45) is 0. The third-order valence-electron chi connectivity index (χ3n) is 4.18. The smallest absolute Gasteiger partial charge is 0.238 e. The summed E-state index contributed by atoms with van der Waals surface area (Å²) < 4.78 is 24.0. The fourth-order valence-electron chi connectivity index (χ4n) is 2.82. The molecule has 10 heteroatoms. The third-order valence-corrected chi connectivity index (χ3v) is 5.13. The average molecular weight is 373 g/mol. The Morgan fingerprint density at radius 3 is 2.27 bits per heavy atom. The Balaban J connectivity index is 2.17. The Bertz CT molecular complexity index is 982. The first-order valence-corrected chi connectivity index (χ1v) is 9.40. The predicted octanol–water partition coefficient (Wildman–Crippen LogP) is 0.182. The van der Waals surface area contributed by atoms with Gasteiger partial charge in [-0.1, -0.05) is 36.4 Å². The lowest BCUT2D eigenvalue weighted by Crippen LogP contribution is -2.21. The summed E-state index contributed by atoms with van der Waals surface area (Å²) in [6, 6.07) is 12.4. The second-order valence-electron chi connectivity index (χ2n) is 5.76. The minimum atomic E-state index is -3.97. The number of sulfonamides is 1. The van der Waals surface area contributed by atoms with Crippen LogP contribution in [0.4, 0.5) is 0 Å². The molecule has 0 bridgehead atoms. The van der Waals surface area contributed by atoms with Gasteiger partial charge < -0.3 is 11.5 Å². The minimum Gasteiger partial charge on any atom is -0.330 e. The van der Waals surface area contributed by atoms with Crippen molar-refractivity contribution in [2.24, 2.45) is 16.6 Å². The summed E-state index contributed by atoms with van der Waals surface area (Å²) in [7, 11) is -3.97. The van der Waals surface area contributed by atoms with E-state index in [0.29, 0.717) is 24.2 Å². The highest BCUT2D eigenvalue weighted by molar-refractivity contribution is 7.89. The van der Waals surface area contributed by atoms with Crippen LogP contribution < -0.4 is 16.6 Å². The Labute approximate surface area is 150 Å². The molecule has 2 aromatic carbocycles. The normalized spacial score (nSPS) is 11.8. The first-order chi connectivity index (χ1) is 12.5. The Kier molecular flexibility index (Phi) is 5.09. The molecular formula is C16H19N7O2S. The van der Waals surface area contributed by atoms with Gasteiger partial charge in [-0.05, 0) is 33.2 Å². The molecule has 136 valence electrons. The topological polar surface area (TPSA) is 167 Å². The minimum absolute atomic E-state index is 0.0561. The zero-order valence-corrected chi connectivity index (χ0v) is 14.6. The standard InChI is InChI=1S/C16H19N7O2S/c17-8-12(9-18)10-4-6-11(7-5-10)13-2-1-3-14(26(19,24)25)15(13)16-20-22-23-21-16/h1-7,12H,8-9,17-18H2,(H2,19,24,25)(H,20,21,22,23). The Hall–Kier alpha value is -2.66. The number of benzene rings is 2. The van der Waals surface area contributed by atoms with E-state index in [2.05, 4.69) is 20.6 Å². The van der Waals surface area contributed by atoms with E-state index < -0.39 is 10.0 Å². The van der Waals surface area contributed by atoms with Crippen molar-refractivity contribution in [3.63, 3.8) is 0 Å². The first-order valence-electron chi connectivity index (χ1n) is 7.86. The number of aromatic amines is 1. The molecule has 0 saturated heterocycles. The molecular weight excluding hydrogens is 354 g/mol. The van der Waals surface area contributed by atoms with Crippen LogP contribution in [-0.4, -0.2) is 42.1 Å². The van der Waals surface area contributed by atoms with E-state index in [1.165, 1.54) is 6.07 Å². The SMILES string of the molecule is NCC(CN)c1ccc(-c2cccc(S(N)(=O)=O)c2-c2nnn[nH]2)cc1. The highest BCUT2D eigenvalue weighted by Gasteiger charge is 2.22. The van der Waals surface area contributed by atoms with Gasteiger partial charge in [-0.3, -0.25) is 0 Å². The van der Waals surface area contributed by atoms with Crippen molar-refractivity contribution in [2.75, 3.05) is 13.1 Å². The summed E-state index contributed by atoms with van der Waals surface area (Å²) in [4.78, 5) is -0.0561. The molecule has 3 rings (SSSR count). The lowest BCUT2D eigenvalue weighted by Gasteiger charge is -2.15. The molecule has 0 amide bonds. The molecule has 3 aromatic rings. The molecule has 0 saturated carbocycles. The number of hydrogen-bond acceptors (Lipinski definition) is 7. The van der Waals surface area contributed by atoms with Gasteiger partial charge in [0.2, 0.25) is 10.0 Å². The maximum atomic E-state index is 12.0. The number of nitrogens with zero attached hydrogens (tertiary/aromatic N) is 3. The number of aromatic nitrogens is 4. The van der Waals surface area contributed by atoms with Crippen molar-refractivity contribution in [2.45, 2.75) is 10.8 Å². The van der Waals surface area contributed by atoms with Gasteiger partial charge in [0.1, 0.15) is 0 Å². The van der Waals surface area contributed by atoms with Crippen LogP contribution in [0.25, 0.3) is 22.5 Å². The molecule has 0 aliphatic rings. The van der Waals surface area contributed by atoms with E-state index in [9.17, 15) is 8.42 Å². The van der Waals surface area contributed by atoms with Crippen LogP contribution in [0.15, 0.2) is 47.4 Å². The summed E-state index contributed by atoms with van der Waals surface area (Å²) in [5, 5.41) is 18.9. The molecule has 0 aliphatic heterocycles.